The zero-order valence-electron chi connectivity index (χ0n) is 10.0. The minimum Gasteiger partial charge on any atom is -0.355 e. The molecule has 1 rings (SSSR count). The van der Waals surface area contributed by atoms with Crippen LogP contribution in [-0.4, -0.2) is 19.0 Å². The molecule has 0 fully saturated rings. The molecule has 88 valence electrons. The van der Waals surface area contributed by atoms with Crippen molar-refractivity contribution in [3.8, 4) is 0 Å². The van der Waals surface area contributed by atoms with Crippen molar-refractivity contribution in [1.82, 2.24) is 5.32 Å². The van der Waals surface area contributed by atoms with Gasteiger partial charge >= 0.3 is 0 Å². The van der Waals surface area contributed by atoms with E-state index in [4.69, 9.17) is 5.73 Å². The molecular weight excluding hydrogens is 200 g/mol. The Morgan fingerprint density at radius 3 is 2.75 bits per heavy atom. The first kappa shape index (κ1) is 12.7. The summed E-state index contributed by atoms with van der Waals surface area (Å²) in [4.78, 5) is 11.4. The molecule has 0 saturated carbocycles. The van der Waals surface area contributed by atoms with Crippen molar-refractivity contribution in [2.75, 3.05) is 13.1 Å². The second kappa shape index (κ2) is 6.28. The number of carbonyl (C=O) groups is 1. The summed E-state index contributed by atoms with van der Waals surface area (Å²) in [5.41, 5.74) is 9.07. The van der Waals surface area contributed by atoms with Crippen molar-refractivity contribution < 1.29 is 4.79 Å². The standard InChI is InChI=1S/C13H20N2O/c1-10-3-4-12(11(2)9-10)5-6-13(16)15-8-7-14/h3-4,9H,5-8,14H2,1-2H3,(H,15,16). The average molecular weight is 220 g/mol. The molecule has 1 amide bonds. The molecule has 1 aromatic carbocycles. The number of amides is 1. The van der Waals surface area contributed by atoms with Gasteiger partial charge in [0.1, 0.15) is 0 Å². The van der Waals surface area contributed by atoms with Crippen LogP contribution in [0, 0.1) is 13.8 Å². The molecule has 0 bridgehead atoms. The van der Waals surface area contributed by atoms with Gasteiger partial charge < -0.3 is 11.1 Å². The minimum atomic E-state index is 0.0745. The lowest BCUT2D eigenvalue weighted by molar-refractivity contribution is -0.120. The second-order valence-electron chi connectivity index (χ2n) is 4.07. The van der Waals surface area contributed by atoms with Crippen LogP contribution in [0.2, 0.25) is 0 Å². The summed E-state index contributed by atoms with van der Waals surface area (Å²) in [6.45, 7) is 5.21. The van der Waals surface area contributed by atoms with Crippen LogP contribution in [-0.2, 0) is 11.2 Å². The van der Waals surface area contributed by atoms with Gasteiger partial charge in [-0.25, -0.2) is 0 Å². The lowest BCUT2D eigenvalue weighted by Gasteiger charge is -2.07. The smallest absolute Gasteiger partial charge is 0.220 e. The number of nitrogens with one attached hydrogen (secondary N) is 1. The van der Waals surface area contributed by atoms with Crippen LogP contribution in [0.3, 0.4) is 0 Å². The highest BCUT2D eigenvalue weighted by Crippen LogP contribution is 2.12. The first-order valence-corrected chi connectivity index (χ1v) is 5.66. The number of hydrogen-bond donors (Lipinski definition) is 2. The van der Waals surface area contributed by atoms with Crippen molar-refractivity contribution in [2.24, 2.45) is 5.73 Å². The van der Waals surface area contributed by atoms with Crippen LogP contribution in [0.4, 0.5) is 0 Å². The lowest BCUT2D eigenvalue weighted by atomic mass is 10.0. The van der Waals surface area contributed by atoms with E-state index in [-0.39, 0.29) is 5.91 Å². The van der Waals surface area contributed by atoms with E-state index in [1.807, 2.05) is 0 Å². The van der Waals surface area contributed by atoms with Crippen molar-refractivity contribution in [2.45, 2.75) is 26.7 Å². The minimum absolute atomic E-state index is 0.0745. The highest BCUT2D eigenvalue weighted by molar-refractivity contribution is 5.76. The van der Waals surface area contributed by atoms with E-state index in [1.165, 1.54) is 16.7 Å². The van der Waals surface area contributed by atoms with Gasteiger partial charge in [-0.1, -0.05) is 23.8 Å². The van der Waals surface area contributed by atoms with E-state index in [0.717, 1.165) is 6.42 Å². The molecule has 0 spiro atoms. The maximum Gasteiger partial charge on any atom is 0.220 e. The molecule has 0 unspecified atom stereocenters. The molecule has 0 heterocycles. The number of hydrogen-bond acceptors (Lipinski definition) is 2. The fourth-order valence-electron chi connectivity index (χ4n) is 1.67. The van der Waals surface area contributed by atoms with E-state index in [0.29, 0.717) is 19.5 Å². The van der Waals surface area contributed by atoms with E-state index in [1.54, 1.807) is 0 Å². The van der Waals surface area contributed by atoms with Crippen LogP contribution in [0.1, 0.15) is 23.1 Å². The highest BCUT2D eigenvalue weighted by Gasteiger charge is 2.03. The second-order valence-corrected chi connectivity index (χ2v) is 4.07. The van der Waals surface area contributed by atoms with E-state index in [2.05, 4.69) is 37.4 Å². The third-order valence-corrected chi connectivity index (χ3v) is 2.59. The summed E-state index contributed by atoms with van der Waals surface area (Å²) in [5.74, 6) is 0.0745. The van der Waals surface area contributed by atoms with Crippen LogP contribution >= 0.6 is 0 Å². The van der Waals surface area contributed by atoms with Crippen LogP contribution in [0.15, 0.2) is 18.2 Å². The van der Waals surface area contributed by atoms with Gasteiger partial charge in [0.2, 0.25) is 5.91 Å². The largest absolute Gasteiger partial charge is 0.355 e. The molecule has 0 aliphatic carbocycles. The Bertz CT molecular complexity index is 361. The number of rotatable bonds is 5. The zero-order chi connectivity index (χ0) is 12.0. The van der Waals surface area contributed by atoms with Crippen LogP contribution < -0.4 is 11.1 Å². The zero-order valence-corrected chi connectivity index (χ0v) is 10.0. The first-order chi connectivity index (χ1) is 7.63. The topological polar surface area (TPSA) is 55.1 Å². The number of aryl methyl sites for hydroxylation is 3. The van der Waals surface area contributed by atoms with Gasteiger partial charge in [0.25, 0.3) is 0 Å². The van der Waals surface area contributed by atoms with Gasteiger partial charge in [-0.3, -0.25) is 4.79 Å². The summed E-state index contributed by atoms with van der Waals surface area (Å²) in [6, 6.07) is 6.33. The number of nitrogens with two attached hydrogens (primary N) is 1. The summed E-state index contributed by atoms with van der Waals surface area (Å²) in [6.07, 6.45) is 1.33. The van der Waals surface area contributed by atoms with Crippen molar-refractivity contribution in [3.05, 3.63) is 34.9 Å². The molecule has 16 heavy (non-hydrogen) atoms. The summed E-state index contributed by atoms with van der Waals surface area (Å²) in [5, 5.41) is 2.77. The number of benzene rings is 1. The van der Waals surface area contributed by atoms with Gasteiger partial charge in [0.15, 0.2) is 0 Å². The monoisotopic (exact) mass is 220 g/mol. The van der Waals surface area contributed by atoms with Crippen molar-refractivity contribution >= 4 is 5.91 Å². The summed E-state index contributed by atoms with van der Waals surface area (Å²) < 4.78 is 0. The van der Waals surface area contributed by atoms with Crippen molar-refractivity contribution in [1.29, 1.82) is 0 Å². The molecule has 0 saturated heterocycles. The Morgan fingerprint density at radius 2 is 2.12 bits per heavy atom. The van der Waals surface area contributed by atoms with Gasteiger partial charge in [-0.15, -0.1) is 0 Å². The molecule has 0 aromatic heterocycles. The molecule has 1 aromatic rings. The summed E-state index contributed by atoms with van der Waals surface area (Å²) in [7, 11) is 0. The average Bonchev–Trinajstić information content (AvgIpc) is 2.25. The van der Waals surface area contributed by atoms with Gasteiger partial charge in [-0.05, 0) is 31.4 Å². The van der Waals surface area contributed by atoms with E-state index < -0.39 is 0 Å². The molecule has 0 radical (unpaired) electrons. The highest BCUT2D eigenvalue weighted by atomic mass is 16.1. The molecular formula is C13H20N2O. The predicted octanol–water partition coefficient (Wildman–Crippen LogP) is 1.31. The molecule has 0 aliphatic rings. The molecule has 0 atom stereocenters. The SMILES string of the molecule is Cc1ccc(CCC(=O)NCCN)c(C)c1. The first-order valence-electron chi connectivity index (χ1n) is 5.66. The van der Waals surface area contributed by atoms with Crippen LogP contribution in [0.25, 0.3) is 0 Å². The van der Waals surface area contributed by atoms with Crippen molar-refractivity contribution in [3.63, 3.8) is 0 Å². The molecule has 3 nitrogen and oxygen atoms in total. The molecule has 3 heteroatoms. The maximum atomic E-state index is 11.4. The van der Waals surface area contributed by atoms with Gasteiger partial charge in [-0.2, -0.15) is 0 Å². The van der Waals surface area contributed by atoms with Gasteiger partial charge in [0.05, 0.1) is 0 Å². The fraction of sp³-hybridized carbons (Fsp3) is 0.462. The molecule has 3 N–H and O–H groups in total. The quantitative estimate of drug-likeness (QED) is 0.786. The number of carbonyl (C=O) groups excluding carboxylic acids is 1. The van der Waals surface area contributed by atoms with E-state index >= 15 is 0 Å². The Kier molecular flexibility index (Phi) is 4.99. The Hall–Kier alpha value is -1.35. The summed E-state index contributed by atoms with van der Waals surface area (Å²) >= 11 is 0. The maximum absolute atomic E-state index is 11.4. The third kappa shape index (κ3) is 4.03. The Morgan fingerprint density at radius 1 is 1.38 bits per heavy atom. The third-order valence-electron chi connectivity index (χ3n) is 2.59. The van der Waals surface area contributed by atoms with Crippen LogP contribution in [0.5, 0.6) is 0 Å². The fourth-order valence-corrected chi connectivity index (χ4v) is 1.67. The lowest BCUT2D eigenvalue weighted by Crippen LogP contribution is -2.29. The Labute approximate surface area is 97.0 Å². The van der Waals surface area contributed by atoms with Gasteiger partial charge in [0, 0.05) is 19.5 Å². The molecule has 0 aliphatic heterocycles. The Balaban J connectivity index is 2.45. The predicted molar refractivity (Wildman–Crippen MR) is 66.3 cm³/mol. The normalized spacial score (nSPS) is 10.2. The van der Waals surface area contributed by atoms with E-state index in [9.17, 15) is 4.79 Å².